The Morgan fingerprint density at radius 1 is 1.27 bits per heavy atom. The second-order valence-corrected chi connectivity index (χ2v) is 10.3. The maximum atomic E-state index is 13.2. The predicted molar refractivity (Wildman–Crippen MR) is 111 cm³/mol. The van der Waals surface area contributed by atoms with Gasteiger partial charge in [-0.25, -0.2) is 13.4 Å². The van der Waals surface area contributed by atoms with Crippen LogP contribution in [0.15, 0.2) is 40.5 Å². The Hall–Kier alpha value is -2.37. The van der Waals surface area contributed by atoms with Gasteiger partial charge < -0.3 is 4.74 Å². The Labute approximate surface area is 177 Å². The van der Waals surface area contributed by atoms with E-state index >= 15 is 0 Å². The van der Waals surface area contributed by atoms with E-state index in [9.17, 15) is 17.6 Å². The first-order chi connectivity index (χ1) is 14.4. The van der Waals surface area contributed by atoms with Gasteiger partial charge in [0.05, 0.1) is 22.9 Å². The molecule has 3 heterocycles. The van der Waals surface area contributed by atoms with Crippen LogP contribution in [0.25, 0.3) is 0 Å². The number of hydrogen-bond donors (Lipinski definition) is 1. The molecule has 2 aliphatic heterocycles. The van der Waals surface area contributed by atoms with Crippen LogP contribution in [0.4, 0.5) is 9.52 Å². The number of amides is 1. The second kappa shape index (κ2) is 8.78. The molecule has 0 bridgehead atoms. The van der Waals surface area contributed by atoms with Gasteiger partial charge >= 0.3 is 0 Å². The fourth-order valence-corrected chi connectivity index (χ4v) is 5.52. The van der Waals surface area contributed by atoms with E-state index in [1.165, 1.54) is 12.1 Å². The molecule has 2 aromatic rings. The summed E-state index contributed by atoms with van der Waals surface area (Å²) in [7, 11) is -3.50. The number of hydrogen-bond acceptors (Lipinski definition) is 8. The lowest BCUT2D eigenvalue weighted by Gasteiger charge is -2.15. The quantitative estimate of drug-likeness (QED) is 0.675. The van der Waals surface area contributed by atoms with Gasteiger partial charge in [0.2, 0.25) is 0 Å². The third kappa shape index (κ3) is 4.52. The maximum absolute atomic E-state index is 13.2. The highest BCUT2D eigenvalue weighted by molar-refractivity contribution is 7.92. The first kappa shape index (κ1) is 20.9. The molecule has 2 aliphatic rings. The summed E-state index contributed by atoms with van der Waals surface area (Å²) < 4.78 is 43.9. The molecule has 1 amide bonds. The van der Waals surface area contributed by atoms with E-state index in [4.69, 9.17) is 4.74 Å². The summed E-state index contributed by atoms with van der Waals surface area (Å²) in [6, 6.07) is 6.11. The van der Waals surface area contributed by atoms with E-state index in [0.717, 1.165) is 43.5 Å². The maximum Gasteiger partial charge on any atom is 0.278 e. The summed E-state index contributed by atoms with van der Waals surface area (Å²) in [5.41, 5.74) is 0.596. The number of anilines is 1. The lowest BCUT2D eigenvalue weighted by molar-refractivity contribution is -0.110. The molecule has 1 aromatic heterocycles. The molecular formula is C19H21FN4O4S2. The molecule has 8 nitrogen and oxygen atoms in total. The number of carbonyl (C=O) groups excluding carboxylic acids is 1. The Kier molecular flexibility index (Phi) is 6.11. The monoisotopic (exact) mass is 452 g/mol. The Morgan fingerprint density at radius 2 is 2.00 bits per heavy atom. The molecule has 0 unspecified atom stereocenters. The van der Waals surface area contributed by atoms with Crippen molar-refractivity contribution in [1.82, 2.24) is 9.99 Å². The molecule has 4 rings (SSSR count). The fraction of sp³-hybridized carbons (Fsp3) is 0.421. The van der Waals surface area contributed by atoms with Crippen LogP contribution < -0.4 is 5.32 Å². The number of carbonyl (C=O) groups is 1. The van der Waals surface area contributed by atoms with Gasteiger partial charge in [0.25, 0.3) is 5.91 Å². The van der Waals surface area contributed by atoms with E-state index in [-0.39, 0.29) is 22.3 Å². The summed E-state index contributed by atoms with van der Waals surface area (Å²) in [5.74, 6) is -0.531. The molecule has 160 valence electrons. The van der Waals surface area contributed by atoms with Crippen LogP contribution in [-0.2, 0) is 19.4 Å². The second-order valence-electron chi connectivity index (χ2n) is 7.09. The summed E-state index contributed by atoms with van der Waals surface area (Å²) in [6.07, 6.45) is 3.47. The standard InChI is InChI=1S/C19H21FN4O4S2/c20-16-11-21-19(29-16)22-18(25)17(23-24-8-1-2-9-24)13-3-5-14(6-4-13)30(26,27)15-7-10-28-12-15/h3-6,11,15H,1-2,7-10,12H2,(H,21,22,25)/b23-17+/t15-/m0/s1. The lowest BCUT2D eigenvalue weighted by Crippen LogP contribution is -2.27. The molecule has 11 heteroatoms. The van der Waals surface area contributed by atoms with Gasteiger partial charge in [-0.2, -0.15) is 9.49 Å². The highest BCUT2D eigenvalue weighted by Crippen LogP contribution is 2.23. The zero-order chi connectivity index (χ0) is 21.1. The van der Waals surface area contributed by atoms with Crippen molar-refractivity contribution < 1.29 is 22.3 Å². The van der Waals surface area contributed by atoms with Crippen LogP contribution in [0.2, 0.25) is 0 Å². The van der Waals surface area contributed by atoms with Crippen LogP contribution in [0, 0.1) is 5.13 Å². The highest BCUT2D eigenvalue weighted by Gasteiger charge is 2.31. The van der Waals surface area contributed by atoms with E-state index in [2.05, 4.69) is 15.4 Å². The van der Waals surface area contributed by atoms with Crippen LogP contribution >= 0.6 is 11.3 Å². The highest BCUT2D eigenvalue weighted by atomic mass is 32.2. The van der Waals surface area contributed by atoms with Gasteiger partial charge in [-0.3, -0.25) is 15.1 Å². The summed E-state index contributed by atoms with van der Waals surface area (Å²) >= 11 is 0.722. The summed E-state index contributed by atoms with van der Waals surface area (Å²) in [6.45, 7) is 2.10. The third-order valence-corrected chi connectivity index (χ3v) is 7.90. The summed E-state index contributed by atoms with van der Waals surface area (Å²) in [4.78, 5) is 16.8. The minimum atomic E-state index is -3.50. The molecule has 1 atom stereocenters. The zero-order valence-electron chi connectivity index (χ0n) is 16.1. The normalized spacial score (nSPS) is 20.0. The van der Waals surface area contributed by atoms with Gasteiger partial charge in [0.15, 0.2) is 25.8 Å². The van der Waals surface area contributed by atoms with Gasteiger partial charge in [-0.05, 0) is 31.4 Å². The van der Waals surface area contributed by atoms with E-state index in [1.807, 2.05) is 0 Å². The first-order valence-corrected chi connectivity index (χ1v) is 12.0. The molecular weight excluding hydrogens is 431 g/mol. The average Bonchev–Trinajstić information content (AvgIpc) is 3.50. The number of halogens is 1. The predicted octanol–water partition coefficient (Wildman–Crippen LogP) is 2.28. The molecule has 2 fully saturated rings. The topological polar surface area (TPSA) is 101 Å². The van der Waals surface area contributed by atoms with E-state index < -0.39 is 26.1 Å². The van der Waals surface area contributed by atoms with E-state index in [0.29, 0.717) is 18.6 Å². The van der Waals surface area contributed by atoms with Crippen LogP contribution in [-0.4, -0.2) is 61.6 Å². The molecule has 0 aliphatic carbocycles. The molecule has 30 heavy (non-hydrogen) atoms. The molecule has 1 N–H and O–H groups in total. The molecule has 0 saturated carbocycles. The average molecular weight is 453 g/mol. The van der Waals surface area contributed by atoms with Crippen molar-refractivity contribution in [1.29, 1.82) is 0 Å². The largest absolute Gasteiger partial charge is 0.380 e. The SMILES string of the molecule is O=C(Nc1ncc(F)s1)/C(=N/N1CCCC1)c1ccc(S(=O)(=O)[C@H]2CCOC2)cc1. The van der Waals surface area contributed by atoms with Crippen LogP contribution in [0.3, 0.4) is 0 Å². The van der Waals surface area contributed by atoms with Gasteiger partial charge in [0, 0.05) is 25.3 Å². The smallest absolute Gasteiger partial charge is 0.278 e. The van der Waals surface area contributed by atoms with Crippen molar-refractivity contribution in [2.24, 2.45) is 5.10 Å². The van der Waals surface area contributed by atoms with Crippen LogP contribution in [0.1, 0.15) is 24.8 Å². The fourth-order valence-electron chi connectivity index (χ4n) is 3.40. The number of nitrogens with zero attached hydrogens (tertiary/aromatic N) is 3. The van der Waals surface area contributed by atoms with Crippen molar-refractivity contribution in [3.63, 3.8) is 0 Å². The zero-order valence-corrected chi connectivity index (χ0v) is 17.7. The summed E-state index contributed by atoms with van der Waals surface area (Å²) in [5, 5.41) is 7.91. The van der Waals surface area contributed by atoms with Crippen molar-refractivity contribution in [2.75, 3.05) is 31.6 Å². The number of ether oxygens (including phenoxy) is 1. The van der Waals surface area contributed by atoms with E-state index in [1.54, 1.807) is 17.1 Å². The number of thiazole rings is 1. The molecule has 0 radical (unpaired) electrons. The van der Waals surface area contributed by atoms with Gasteiger partial charge in [-0.1, -0.05) is 23.5 Å². The Morgan fingerprint density at radius 3 is 2.60 bits per heavy atom. The van der Waals surface area contributed by atoms with Gasteiger partial charge in [-0.15, -0.1) is 0 Å². The Bertz CT molecular complexity index is 1040. The number of rotatable bonds is 6. The van der Waals surface area contributed by atoms with Crippen molar-refractivity contribution in [3.05, 3.63) is 41.2 Å². The van der Waals surface area contributed by atoms with Crippen molar-refractivity contribution in [3.8, 4) is 0 Å². The number of benzene rings is 1. The number of aromatic nitrogens is 1. The molecule has 2 saturated heterocycles. The minimum absolute atomic E-state index is 0.126. The Balaban J connectivity index is 1.60. The number of nitrogens with one attached hydrogen (secondary N) is 1. The number of sulfone groups is 1. The van der Waals surface area contributed by atoms with Crippen molar-refractivity contribution >= 4 is 37.9 Å². The minimum Gasteiger partial charge on any atom is -0.380 e. The first-order valence-electron chi connectivity index (χ1n) is 9.62. The number of hydrazone groups is 1. The third-order valence-electron chi connectivity index (χ3n) is 5.02. The van der Waals surface area contributed by atoms with Crippen LogP contribution in [0.5, 0.6) is 0 Å². The molecule has 1 aromatic carbocycles. The lowest BCUT2D eigenvalue weighted by atomic mass is 10.1. The molecule has 0 spiro atoms. The van der Waals surface area contributed by atoms with Gasteiger partial charge in [0.1, 0.15) is 0 Å². The van der Waals surface area contributed by atoms with Crippen molar-refractivity contribution in [2.45, 2.75) is 29.4 Å².